The van der Waals surface area contributed by atoms with Crippen molar-refractivity contribution in [1.29, 1.82) is 0 Å². The van der Waals surface area contributed by atoms with Gasteiger partial charge >= 0.3 is 0 Å². The summed E-state index contributed by atoms with van der Waals surface area (Å²) in [7, 11) is 1.74. The number of aromatic nitrogens is 3. The van der Waals surface area contributed by atoms with E-state index >= 15 is 0 Å². The first-order chi connectivity index (χ1) is 13.2. The zero-order valence-electron chi connectivity index (χ0n) is 14.8. The third kappa shape index (κ3) is 2.92. The maximum atomic E-state index is 13.0. The summed E-state index contributed by atoms with van der Waals surface area (Å²) >= 11 is 1.41. The zero-order valence-corrected chi connectivity index (χ0v) is 15.7. The van der Waals surface area contributed by atoms with Gasteiger partial charge in [-0.3, -0.25) is 9.69 Å². The molecule has 2 aromatic carbocycles. The van der Waals surface area contributed by atoms with Crippen molar-refractivity contribution in [2.24, 2.45) is 0 Å². The number of anilines is 1. The van der Waals surface area contributed by atoms with Crippen molar-refractivity contribution in [2.45, 2.75) is 18.8 Å². The minimum atomic E-state index is -0.108. The lowest BCUT2D eigenvalue weighted by Gasteiger charge is -2.11. The third-order valence-electron chi connectivity index (χ3n) is 4.97. The molecule has 1 amide bonds. The molecule has 2 aromatic heterocycles. The van der Waals surface area contributed by atoms with Gasteiger partial charge in [0.25, 0.3) is 5.91 Å². The number of fused-ring (bicyclic) bond motifs is 1. The average Bonchev–Trinajstić information content (AvgIpc) is 3.27. The Hall–Kier alpha value is -2.99. The number of hydrogen-bond donors (Lipinski definition) is 1. The normalized spacial score (nSPS) is 13.8. The molecule has 1 aliphatic rings. The topological polar surface area (TPSA) is 61.9 Å². The fraction of sp³-hybridized carbons (Fsp3) is 0.190. The number of benzene rings is 2. The van der Waals surface area contributed by atoms with E-state index in [1.165, 1.54) is 29.7 Å². The van der Waals surface area contributed by atoms with Crippen LogP contribution in [0.5, 0.6) is 0 Å². The summed E-state index contributed by atoms with van der Waals surface area (Å²) in [6.45, 7) is 0. The molecular formula is C21H18N4OS. The van der Waals surface area contributed by atoms with Gasteiger partial charge in [-0.05, 0) is 36.5 Å². The molecule has 1 fully saturated rings. The molecule has 0 bridgehead atoms. The van der Waals surface area contributed by atoms with Crippen LogP contribution in [-0.2, 0) is 0 Å². The van der Waals surface area contributed by atoms with Gasteiger partial charge < -0.3 is 4.98 Å². The van der Waals surface area contributed by atoms with Gasteiger partial charge in [0.2, 0.25) is 5.13 Å². The fourth-order valence-electron chi connectivity index (χ4n) is 3.36. The molecule has 4 aromatic rings. The predicted molar refractivity (Wildman–Crippen MR) is 108 cm³/mol. The smallest absolute Gasteiger partial charge is 0.276 e. The van der Waals surface area contributed by atoms with Crippen molar-refractivity contribution in [3.63, 3.8) is 0 Å². The van der Waals surface area contributed by atoms with Gasteiger partial charge in [0, 0.05) is 23.5 Å². The van der Waals surface area contributed by atoms with Crippen molar-refractivity contribution in [3.8, 4) is 10.6 Å². The van der Waals surface area contributed by atoms with Crippen LogP contribution < -0.4 is 4.90 Å². The summed E-state index contributed by atoms with van der Waals surface area (Å²) in [4.78, 5) is 17.8. The van der Waals surface area contributed by atoms with Crippen LogP contribution in [0, 0.1) is 0 Å². The average molecular weight is 374 g/mol. The second kappa shape index (κ2) is 6.32. The van der Waals surface area contributed by atoms with Gasteiger partial charge in [-0.2, -0.15) is 0 Å². The Labute approximate surface area is 160 Å². The van der Waals surface area contributed by atoms with E-state index in [1.807, 2.05) is 42.5 Å². The highest BCUT2D eigenvalue weighted by molar-refractivity contribution is 7.18. The largest absolute Gasteiger partial charge is 0.351 e. The molecule has 5 rings (SSSR count). The summed E-state index contributed by atoms with van der Waals surface area (Å²) in [6.07, 6.45) is 2.47. The van der Waals surface area contributed by atoms with Gasteiger partial charge in [-0.25, -0.2) is 0 Å². The van der Waals surface area contributed by atoms with Crippen molar-refractivity contribution >= 4 is 33.3 Å². The number of rotatable bonds is 4. The van der Waals surface area contributed by atoms with Gasteiger partial charge in [0.1, 0.15) is 10.7 Å². The van der Waals surface area contributed by atoms with E-state index in [4.69, 9.17) is 0 Å². The molecule has 0 aliphatic heterocycles. The Balaban J connectivity index is 1.45. The number of hydrogen-bond acceptors (Lipinski definition) is 4. The van der Waals surface area contributed by atoms with Crippen LogP contribution in [0.1, 0.15) is 34.8 Å². The SMILES string of the molecule is CN(C(=O)c1cc2c(C3CC3)cccc2[nH]1)c1nnc(-c2ccccc2)s1. The quantitative estimate of drug-likeness (QED) is 0.556. The van der Waals surface area contributed by atoms with Crippen LogP contribution in [0.25, 0.3) is 21.5 Å². The molecule has 2 heterocycles. The maximum Gasteiger partial charge on any atom is 0.276 e. The second-order valence-corrected chi connectivity index (χ2v) is 7.84. The first kappa shape index (κ1) is 16.2. The van der Waals surface area contributed by atoms with Gasteiger partial charge in [-0.1, -0.05) is 53.8 Å². The standard InChI is InChI=1S/C21H18N4OS/c1-25(21-24-23-19(27-21)14-6-3-2-4-7-14)20(26)18-12-16-15(13-10-11-13)8-5-9-17(16)22-18/h2-9,12-13,22H,10-11H2,1H3. The highest BCUT2D eigenvalue weighted by Crippen LogP contribution is 2.43. The number of aromatic amines is 1. The zero-order chi connectivity index (χ0) is 18.4. The van der Waals surface area contributed by atoms with Crippen LogP contribution in [0.4, 0.5) is 5.13 Å². The molecule has 27 heavy (non-hydrogen) atoms. The molecule has 0 radical (unpaired) electrons. The van der Waals surface area contributed by atoms with Crippen LogP contribution in [0.3, 0.4) is 0 Å². The number of nitrogens with one attached hydrogen (secondary N) is 1. The van der Waals surface area contributed by atoms with Crippen LogP contribution in [0.2, 0.25) is 0 Å². The Morgan fingerprint density at radius 1 is 1.11 bits per heavy atom. The molecule has 0 atom stereocenters. The number of amides is 1. The summed E-state index contributed by atoms with van der Waals surface area (Å²) in [5.41, 5.74) is 3.94. The van der Waals surface area contributed by atoms with Gasteiger partial charge in [0.15, 0.2) is 0 Å². The molecule has 6 heteroatoms. The van der Waals surface area contributed by atoms with Crippen LogP contribution in [0.15, 0.2) is 54.6 Å². The Bertz CT molecular complexity index is 1130. The van der Waals surface area contributed by atoms with E-state index in [-0.39, 0.29) is 5.91 Å². The van der Waals surface area contributed by atoms with E-state index < -0.39 is 0 Å². The summed E-state index contributed by atoms with van der Waals surface area (Å²) in [5.74, 6) is 0.533. The lowest BCUT2D eigenvalue weighted by atomic mass is 10.1. The summed E-state index contributed by atoms with van der Waals surface area (Å²) in [6, 6.07) is 18.1. The van der Waals surface area contributed by atoms with Crippen molar-refractivity contribution in [2.75, 3.05) is 11.9 Å². The molecule has 0 unspecified atom stereocenters. The fourth-order valence-corrected chi connectivity index (χ4v) is 4.17. The first-order valence-electron chi connectivity index (χ1n) is 8.99. The third-order valence-corrected chi connectivity index (χ3v) is 6.02. The van der Waals surface area contributed by atoms with Crippen LogP contribution in [-0.4, -0.2) is 28.1 Å². The lowest BCUT2D eigenvalue weighted by Crippen LogP contribution is -2.26. The monoisotopic (exact) mass is 374 g/mol. The minimum absolute atomic E-state index is 0.108. The Morgan fingerprint density at radius 2 is 1.93 bits per heavy atom. The lowest BCUT2D eigenvalue weighted by molar-refractivity contribution is 0.0989. The molecule has 1 N–H and O–H groups in total. The van der Waals surface area contributed by atoms with Crippen molar-refractivity contribution in [3.05, 3.63) is 65.9 Å². The molecule has 0 spiro atoms. The molecule has 0 saturated heterocycles. The molecule has 1 saturated carbocycles. The van der Waals surface area contributed by atoms with Gasteiger partial charge in [-0.15, -0.1) is 10.2 Å². The Kier molecular flexibility index (Phi) is 3.79. The highest BCUT2D eigenvalue weighted by Gasteiger charge is 2.27. The van der Waals surface area contributed by atoms with E-state index in [2.05, 4.69) is 27.3 Å². The summed E-state index contributed by atoms with van der Waals surface area (Å²) in [5, 5.41) is 11.0. The number of carbonyl (C=O) groups is 1. The maximum absolute atomic E-state index is 13.0. The van der Waals surface area contributed by atoms with Crippen LogP contribution >= 0.6 is 11.3 Å². The molecule has 1 aliphatic carbocycles. The van der Waals surface area contributed by atoms with Crippen molar-refractivity contribution < 1.29 is 4.79 Å². The first-order valence-corrected chi connectivity index (χ1v) is 9.81. The molecular weight excluding hydrogens is 356 g/mol. The molecule has 5 nitrogen and oxygen atoms in total. The van der Waals surface area contributed by atoms with E-state index in [0.717, 1.165) is 21.5 Å². The van der Waals surface area contributed by atoms with E-state index in [0.29, 0.717) is 16.7 Å². The second-order valence-electron chi connectivity index (χ2n) is 6.89. The van der Waals surface area contributed by atoms with Gasteiger partial charge in [0.05, 0.1) is 0 Å². The molecule has 134 valence electrons. The summed E-state index contributed by atoms with van der Waals surface area (Å²) < 4.78 is 0. The number of nitrogens with zero attached hydrogens (tertiary/aromatic N) is 3. The predicted octanol–water partition coefficient (Wildman–Crippen LogP) is 4.84. The number of H-pyrrole nitrogens is 1. The highest BCUT2D eigenvalue weighted by atomic mass is 32.1. The van der Waals surface area contributed by atoms with E-state index in [9.17, 15) is 4.79 Å². The van der Waals surface area contributed by atoms with Crippen molar-refractivity contribution in [1.82, 2.24) is 15.2 Å². The number of carbonyl (C=O) groups excluding carboxylic acids is 1. The Morgan fingerprint density at radius 3 is 2.70 bits per heavy atom. The minimum Gasteiger partial charge on any atom is -0.351 e. The van der Waals surface area contributed by atoms with E-state index in [1.54, 1.807) is 11.9 Å².